The SMILES string of the molecule is CCOc1ccc(-n2nnnc2CC(F)(F)F)c(OCC)c1CO. The van der Waals surface area contributed by atoms with E-state index in [-0.39, 0.29) is 23.9 Å². The number of hydrogen-bond donors (Lipinski definition) is 1. The number of hydrogen-bond acceptors (Lipinski definition) is 6. The molecule has 10 heteroatoms. The molecule has 24 heavy (non-hydrogen) atoms. The first-order valence-corrected chi connectivity index (χ1v) is 7.28. The van der Waals surface area contributed by atoms with Crippen molar-refractivity contribution in [1.82, 2.24) is 20.2 Å². The normalized spacial score (nSPS) is 11.6. The third-order valence-corrected chi connectivity index (χ3v) is 3.06. The fourth-order valence-corrected chi connectivity index (χ4v) is 2.19. The topological polar surface area (TPSA) is 82.3 Å². The third kappa shape index (κ3) is 3.94. The minimum atomic E-state index is -4.46. The van der Waals surface area contributed by atoms with Gasteiger partial charge in [0.15, 0.2) is 11.6 Å². The summed E-state index contributed by atoms with van der Waals surface area (Å²) in [5.74, 6) is 0.191. The van der Waals surface area contributed by atoms with Crippen molar-refractivity contribution in [3.63, 3.8) is 0 Å². The molecule has 2 aromatic rings. The molecule has 0 saturated carbocycles. The zero-order valence-corrected chi connectivity index (χ0v) is 13.2. The second kappa shape index (κ2) is 7.47. The van der Waals surface area contributed by atoms with Crippen LogP contribution in [0.5, 0.6) is 11.5 Å². The highest BCUT2D eigenvalue weighted by Crippen LogP contribution is 2.35. The maximum Gasteiger partial charge on any atom is 0.396 e. The van der Waals surface area contributed by atoms with Gasteiger partial charge in [0.25, 0.3) is 0 Å². The molecule has 2 rings (SSSR count). The molecule has 0 fully saturated rings. The van der Waals surface area contributed by atoms with Crippen LogP contribution in [0.2, 0.25) is 0 Å². The van der Waals surface area contributed by atoms with Gasteiger partial charge in [0, 0.05) is 0 Å². The fraction of sp³-hybridized carbons (Fsp3) is 0.500. The van der Waals surface area contributed by atoms with Crippen molar-refractivity contribution in [2.24, 2.45) is 0 Å². The number of rotatable bonds is 7. The molecule has 0 amide bonds. The van der Waals surface area contributed by atoms with Crippen LogP contribution in [0.15, 0.2) is 12.1 Å². The molecule has 0 bridgehead atoms. The molecule has 0 saturated heterocycles. The van der Waals surface area contributed by atoms with Crippen molar-refractivity contribution in [3.05, 3.63) is 23.5 Å². The molecule has 0 spiro atoms. The van der Waals surface area contributed by atoms with Gasteiger partial charge in [-0.05, 0) is 36.4 Å². The smallest absolute Gasteiger partial charge is 0.396 e. The van der Waals surface area contributed by atoms with Crippen LogP contribution >= 0.6 is 0 Å². The largest absolute Gasteiger partial charge is 0.493 e. The molecule has 0 aliphatic rings. The van der Waals surface area contributed by atoms with Crippen LogP contribution in [-0.2, 0) is 13.0 Å². The highest BCUT2D eigenvalue weighted by molar-refractivity contribution is 5.57. The average Bonchev–Trinajstić information content (AvgIpc) is 2.94. The molecular formula is C14H17F3N4O3. The van der Waals surface area contributed by atoms with E-state index in [1.165, 1.54) is 12.1 Å². The Labute approximate surface area is 136 Å². The number of aliphatic hydroxyl groups is 1. The Morgan fingerprint density at radius 3 is 2.46 bits per heavy atom. The van der Waals surface area contributed by atoms with E-state index in [1.54, 1.807) is 13.8 Å². The first kappa shape index (κ1) is 18.0. The van der Waals surface area contributed by atoms with Crippen molar-refractivity contribution in [3.8, 4) is 17.2 Å². The number of nitrogens with zero attached hydrogens (tertiary/aromatic N) is 4. The van der Waals surface area contributed by atoms with E-state index in [4.69, 9.17) is 9.47 Å². The Balaban J connectivity index is 2.56. The average molecular weight is 346 g/mol. The van der Waals surface area contributed by atoms with Gasteiger partial charge in [-0.1, -0.05) is 0 Å². The summed E-state index contributed by atoms with van der Waals surface area (Å²) in [4.78, 5) is 0. The van der Waals surface area contributed by atoms with Crippen molar-refractivity contribution in [2.75, 3.05) is 13.2 Å². The highest BCUT2D eigenvalue weighted by atomic mass is 19.4. The first-order valence-electron chi connectivity index (χ1n) is 7.28. The fourth-order valence-electron chi connectivity index (χ4n) is 2.19. The Hall–Kier alpha value is -2.36. The summed E-state index contributed by atoms with van der Waals surface area (Å²) in [5, 5.41) is 20.0. The summed E-state index contributed by atoms with van der Waals surface area (Å²) in [6.45, 7) is 3.69. The van der Waals surface area contributed by atoms with E-state index >= 15 is 0 Å². The van der Waals surface area contributed by atoms with E-state index in [0.29, 0.717) is 17.9 Å². The monoisotopic (exact) mass is 346 g/mol. The van der Waals surface area contributed by atoms with Crippen LogP contribution in [0.3, 0.4) is 0 Å². The third-order valence-electron chi connectivity index (χ3n) is 3.06. The molecule has 7 nitrogen and oxygen atoms in total. The number of benzene rings is 1. The molecule has 1 heterocycles. The van der Waals surface area contributed by atoms with Gasteiger partial charge in [0.1, 0.15) is 17.9 Å². The van der Waals surface area contributed by atoms with E-state index < -0.39 is 19.2 Å². The van der Waals surface area contributed by atoms with Gasteiger partial charge in [0.2, 0.25) is 0 Å². The van der Waals surface area contributed by atoms with Crippen LogP contribution < -0.4 is 9.47 Å². The van der Waals surface area contributed by atoms with Crippen LogP contribution in [-0.4, -0.2) is 44.7 Å². The molecule has 1 aromatic carbocycles. The molecule has 0 radical (unpaired) electrons. The minimum absolute atomic E-state index is 0.182. The molecular weight excluding hydrogens is 329 g/mol. The van der Waals surface area contributed by atoms with E-state index in [1.807, 2.05) is 0 Å². The summed E-state index contributed by atoms with van der Waals surface area (Å²) < 4.78 is 49.9. The molecule has 0 atom stereocenters. The zero-order valence-electron chi connectivity index (χ0n) is 13.2. The number of aromatic nitrogens is 4. The summed E-state index contributed by atoms with van der Waals surface area (Å²) in [5.41, 5.74) is 0.526. The molecule has 0 aliphatic heterocycles. The predicted molar refractivity (Wildman–Crippen MR) is 77.2 cm³/mol. The number of alkyl halides is 3. The molecule has 1 aromatic heterocycles. The molecule has 0 unspecified atom stereocenters. The Morgan fingerprint density at radius 1 is 1.17 bits per heavy atom. The van der Waals surface area contributed by atoms with Gasteiger partial charge >= 0.3 is 6.18 Å². The van der Waals surface area contributed by atoms with Crippen LogP contribution in [0.4, 0.5) is 13.2 Å². The van der Waals surface area contributed by atoms with Crippen molar-refractivity contribution < 1.29 is 27.8 Å². The van der Waals surface area contributed by atoms with E-state index in [2.05, 4.69) is 15.5 Å². The van der Waals surface area contributed by atoms with Crippen molar-refractivity contribution in [2.45, 2.75) is 33.1 Å². The second-order valence-corrected chi connectivity index (χ2v) is 4.71. The van der Waals surface area contributed by atoms with Gasteiger partial charge < -0.3 is 14.6 Å². The van der Waals surface area contributed by atoms with Gasteiger partial charge in [0.05, 0.1) is 25.4 Å². The summed E-state index contributed by atoms with van der Waals surface area (Å²) >= 11 is 0. The maximum absolute atomic E-state index is 12.7. The molecule has 1 N–H and O–H groups in total. The van der Waals surface area contributed by atoms with Crippen LogP contribution in [0, 0.1) is 0 Å². The lowest BCUT2D eigenvalue weighted by Crippen LogP contribution is -2.17. The second-order valence-electron chi connectivity index (χ2n) is 4.71. The van der Waals surface area contributed by atoms with E-state index in [0.717, 1.165) is 4.68 Å². The number of halogens is 3. The van der Waals surface area contributed by atoms with Gasteiger partial charge in [-0.15, -0.1) is 5.10 Å². The standard InChI is InChI=1S/C14H17F3N4O3/c1-3-23-11-6-5-10(13(24-4-2)9(11)8-22)21-12(18-19-20-21)7-14(15,16)17/h5-6,22H,3-4,7-8H2,1-2H3. The number of ether oxygens (including phenoxy) is 2. The molecule has 132 valence electrons. The lowest BCUT2D eigenvalue weighted by Gasteiger charge is -2.18. The van der Waals surface area contributed by atoms with Crippen molar-refractivity contribution >= 4 is 0 Å². The summed E-state index contributed by atoms with van der Waals surface area (Å²) in [6, 6.07) is 3.03. The Morgan fingerprint density at radius 2 is 1.88 bits per heavy atom. The number of aliphatic hydroxyl groups excluding tert-OH is 1. The first-order chi connectivity index (χ1) is 11.4. The minimum Gasteiger partial charge on any atom is -0.493 e. The highest BCUT2D eigenvalue weighted by Gasteiger charge is 2.32. The Bertz CT molecular complexity index is 688. The van der Waals surface area contributed by atoms with Crippen molar-refractivity contribution in [1.29, 1.82) is 0 Å². The summed E-state index contributed by atoms with van der Waals surface area (Å²) in [7, 11) is 0. The molecule has 0 aliphatic carbocycles. The Kier molecular flexibility index (Phi) is 5.60. The predicted octanol–water partition coefficient (Wildman–Crippen LogP) is 2.06. The van der Waals surface area contributed by atoms with Crippen LogP contribution in [0.1, 0.15) is 25.2 Å². The maximum atomic E-state index is 12.7. The lowest BCUT2D eigenvalue weighted by atomic mass is 10.1. The summed E-state index contributed by atoms with van der Waals surface area (Å²) in [6.07, 6.45) is -5.74. The van der Waals surface area contributed by atoms with E-state index in [9.17, 15) is 18.3 Å². The van der Waals surface area contributed by atoms with Gasteiger partial charge in [-0.3, -0.25) is 0 Å². The van der Waals surface area contributed by atoms with Crippen LogP contribution in [0.25, 0.3) is 5.69 Å². The lowest BCUT2D eigenvalue weighted by molar-refractivity contribution is -0.128. The van der Waals surface area contributed by atoms with Gasteiger partial charge in [-0.25, -0.2) is 0 Å². The number of tetrazole rings is 1. The quantitative estimate of drug-likeness (QED) is 0.826. The van der Waals surface area contributed by atoms with Gasteiger partial charge in [-0.2, -0.15) is 17.9 Å². The zero-order chi connectivity index (χ0) is 17.7.